The van der Waals surface area contributed by atoms with Crippen LogP contribution in [0.25, 0.3) is 0 Å². The Morgan fingerprint density at radius 2 is 2.05 bits per heavy atom. The molecule has 19 heavy (non-hydrogen) atoms. The van der Waals surface area contributed by atoms with Gasteiger partial charge in [-0.15, -0.1) is 0 Å². The molecule has 0 saturated carbocycles. The van der Waals surface area contributed by atoms with Crippen LogP contribution in [0.4, 0.5) is 0 Å². The van der Waals surface area contributed by atoms with Crippen molar-refractivity contribution < 1.29 is 4.79 Å². The number of halogens is 1. The fourth-order valence-electron chi connectivity index (χ4n) is 1.83. The minimum Gasteiger partial charge on any atom is -0.355 e. The average molecular weight is 280 g/mol. The maximum Gasteiger partial charge on any atom is 0.234 e. The molecule has 0 radical (unpaired) electrons. The lowest BCUT2D eigenvalue weighted by atomic mass is 9.98. The maximum atomic E-state index is 11.4. The van der Waals surface area contributed by atoms with E-state index >= 15 is 0 Å². The Morgan fingerprint density at radius 3 is 2.58 bits per heavy atom. The second kappa shape index (κ2) is 7.78. The molecule has 1 aromatic rings. The summed E-state index contributed by atoms with van der Waals surface area (Å²) in [4.78, 5) is 13.4. The van der Waals surface area contributed by atoms with Crippen molar-refractivity contribution in [3.05, 3.63) is 34.9 Å². The second-order valence-corrected chi connectivity index (χ2v) is 5.09. The molecule has 0 aromatic heterocycles. The molecule has 0 saturated heterocycles. The normalized spacial score (nSPS) is 11.9. The van der Waals surface area contributed by atoms with E-state index < -0.39 is 0 Å². The monoisotopic (exact) mass is 279 g/mol. The van der Waals surface area contributed by atoms with Crippen molar-refractivity contribution in [3.8, 4) is 6.07 Å². The molecule has 0 aliphatic heterocycles. The van der Waals surface area contributed by atoms with Crippen molar-refractivity contribution in [2.45, 2.75) is 12.3 Å². The molecule has 1 atom stereocenters. The van der Waals surface area contributed by atoms with Crippen LogP contribution in [0.2, 0.25) is 5.02 Å². The molecule has 0 aliphatic carbocycles. The van der Waals surface area contributed by atoms with Crippen molar-refractivity contribution in [2.24, 2.45) is 0 Å². The molecule has 1 N–H and O–H groups in total. The smallest absolute Gasteiger partial charge is 0.234 e. The zero-order valence-electron chi connectivity index (χ0n) is 11.2. The van der Waals surface area contributed by atoms with Gasteiger partial charge in [0, 0.05) is 24.0 Å². The number of carbonyl (C=O) groups excluding carboxylic acids is 1. The summed E-state index contributed by atoms with van der Waals surface area (Å²) < 4.78 is 0. The highest BCUT2D eigenvalue weighted by Gasteiger charge is 2.14. The van der Waals surface area contributed by atoms with Gasteiger partial charge in [0.15, 0.2) is 0 Å². The third kappa shape index (κ3) is 5.73. The van der Waals surface area contributed by atoms with Gasteiger partial charge >= 0.3 is 0 Å². The number of benzene rings is 1. The van der Waals surface area contributed by atoms with E-state index in [1.54, 1.807) is 0 Å². The lowest BCUT2D eigenvalue weighted by molar-refractivity contribution is -0.120. The summed E-state index contributed by atoms with van der Waals surface area (Å²) in [7, 11) is 3.97. The molecule has 1 unspecified atom stereocenters. The molecule has 1 rings (SSSR count). The molecule has 0 heterocycles. The number of carbonyl (C=O) groups is 1. The average Bonchev–Trinajstić information content (AvgIpc) is 2.35. The van der Waals surface area contributed by atoms with E-state index in [-0.39, 0.29) is 18.2 Å². The molecule has 0 bridgehead atoms. The van der Waals surface area contributed by atoms with Crippen LogP contribution in [0.5, 0.6) is 0 Å². The minimum absolute atomic E-state index is 0.102. The predicted octanol–water partition coefficient (Wildman–Crippen LogP) is 2.02. The van der Waals surface area contributed by atoms with Crippen LogP contribution in [-0.4, -0.2) is 38.0 Å². The number of hydrogen-bond donors (Lipinski definition) is 1. The quantitative estimate of drug-likeness (QED) is 0.867. The van der Waals surface area contributed by atoms with Gasteiger partial charge < -0.3 is 10.2 Å². The number of rotatable bonds is 6. The Hall–Kier alpha value is -1.57. The lowest BCUT2D eigenvalue weighted by Crippen LogP contribution is -2.32. The molecule has 0 spiro atoms. The summed E-state index contributed by atoms with van der Waals surface area (Å²) in [6.07, 6.45) is -0.102. The van der Waals surface area contributed by atoms with E-state index in [1.807, 2.05) is 44.4 Å². The molecule has 4 nitrogen and oxygen atoms in total. The lowest BCUT2D eigenvalue weighted by Gasteiger charge is -2.22. The number of nitrogens with one attached hydrogen (secondary N) is 1. The van der Waals surface area contributed by atoms with Gasteiger partial charge in [-0.3, -0.25) is 4.79 Å². The van der Waals surface area contributed by atoms with Crippen LogP contribution >= 0.6 is 11.6 Å². The van der Waals surface area contributed by atoms with Gasteiger partial charge in [0.25, 0.3) is 0 Å². The predicted molar refractivity (Wildman–Crippen MR) is 76.0 cm³/mol. The third-order valence-electron chi connectivity index (χ3n) is 2.71. The summed E-state index contributed by atoms with van der Waals surface area (Å²) >= 11 is 5.87. The number of nitrogens with zero attached hydrogens (tertiary/aromatic N) is 2. The molecule has 1 aromatic carbocycles. The summed E-state index contributed by atoms with van der Waals surface area (Å²) in [6.45, 7) is 1.33. The molecular weight excluding hydrogens is 262 g/mol. The molecule has 1 amide bonds. The fourth-order valence-corrected chi connectivity index (χ4v) is 1.96. The highest BCUT2D eigenvalue weighted by molar-refractivity contribution is 6.30. The van der Waals surface area contributed by atoms with Crippen molar-refractivity contribution in [2.75, 3.05) is 27.2 Å². The Kier molecular flexibility index (Phi) is 6.34. The fraction of sp³-hybridized carbons (Fsp3) is 0.429. The van der Waals surface area contributed by atoms with Crippen LogP contribution in [0, 0.1) is 11.3 Å². The Bertz CT molecular complexity index is 451. The van der Waals surface area contributed by atoms with E-state index in [0.717, 1.165) is 12.1 Å². The summed E-state index contributed by atoms with van der Waals surface area (Å²) in [5.41, 5.74) is 1.12. The second-order valence-electron chi connectivity index (χ2n) is 4.65. The van der Waals surface area contributed by atoms with Gasteiger partial charge in [0.2, 0.25) is 5.91 Å². The van der Waals surface area contributed by atoms with Crippen molar-refractivity contribution in [3.63, 3.8) is 0 Å². The van der Waals surface area contributed by atoms with E-state index in [2.05, 4.69) is 10.2 Å². The number of amides is 1. The number of likely N-dealkylation sites (N-methyl/N-ethyl adjacent to an activating group) is 1. The molecule has 102 valence electrons. The van der Waals surface area contributed by atoms with Crippen LogP contribution in [0.3, 0.4) is 0 Å². The molecule has 5 heteroatoms. The Morgan fingerprint density at radius 1 is 1.42 bits per heavy atom. The van der Waals surface area contributed by atoms with Gasteiger partial charge in [-0.05, 0) is 31.8 Å². The first kappa shape index (κ1) is 15.5. The van der Waals surface area contributed by atoms with Gasteiger partial charge in [-0.25, -0.2) is 0 Å². The van der Waals surface area contributed by atoms with Crippen molar-refractivity contribution in [1.82, 2.24) is 10.2 Å². The van der Waals surface area contributed by atoms with Crippen molar-refractivity contribution >= 4 is 17.5 Å². The minimum atomic E-state index is -0.236. The molecule has 0 fully saturated rings. The molecule has 0 aliphatic rings. The van der Waals surface area contributed by atoms with Gasteiger partial charge in [-0.1, -0.05) is 23.7 Å². The zero-order chi connectivity index (χ0) is 14.3. The van der Waals surface area contributed by atoms with Crippen LogP contribution < -0.4 is 5.32 Å². The van der Waals surface area contributed by atoms with Crippen molar-refractivity contribution in [1.29, 1.82) is 5.26 Å². The first-order valence-corrected chi connectivity index (χ1v) is 6.44. The standard InChI is InChI=1S/C14H18ClN3O/c1-18(2)10-12(9-17-14(19)7-8-16)11-3-5-13(15)6-4-11/h3-6,12H,7,9-10H2,1-2H3,(H,17,19). The number of hydrogen-bond acceptors (Lipinski definition) is 3. The zero-order valence-corrected chi connectivity index (χ0v) is 11.9. The summed E-state index contributed by atoms with van der Waals surface area (Å²) in [5, 5.41) is 11.9. The van der Waals surface area contributed by atoms with E-state index in [9.17, 15) is 4.79 Å². The summed E-state index contributed by atoms with van der Waals surface area (Å²) in [6, 6.07) is 9.46. The van der Waals surface area contributed by atoms with Crippen LogP contribution in [0.1, 0.15) is 17.9 Å². The van der Waals surface area contributed by atoms with Crippen LogP contribution in [-0.2, 0) is 4.79 Å². The first-order chi connectivity index (χ1) is 9.02. The van der Waals surface area contributed by atoms with E-state index in [4.69, 9.17) is 16.9 Å². The largest absolute Gasteiger partial charge is 0.355 e. The first-order valence-electron chi connectivity index (χ1n) is 6.06. The Labute approximate surface area is 119 Å². The number of nitriles is 1. The maximum absolute atomic E-state index is 11.4. The van der Waals surface area contributed by atoms with Gasteiger partial charge in [0.05, 0.1) is 6.07 Å². The molecular formula is C14H18ClN3O. The van der Waals surface area contributed by atoms with E-state index in [0.29, 0.717) is 11.6 Å². The summed E-state index contributed by atoms with van der Waals surface area (Å²) in [5.74, 6) is -0.0601. The van der Waals surface area contributed by atoms with E-state index in [1.165, 1.54) is 0 Å². The van der Waals surface area contributed by atoms with Gasteiger partial charge in [-0.2, -0.15) is 5.26 Å². The SMILES string of the molecule is CN(C)CC(CNC(=O)CC#N)c1ccc(Cl)cc1. The third-order valence-corrected chi connectivity index (χ3v) is 2.96. The van der Waals surface area contributed by atoms with Crippen LogP contribution in [0.15, 0.2) is 24.3 Å². The topological polar surface area (TPSA) is 56.1 Å². The van der Waals surface area contributed by atoms with Gasteiger partial charge in [0.1, 0.15) is 6.42 Å². The highest BCUT2D eigenvalue weighted by atomic mass is 35.5. The highest BCUT2D eigenvalue weighted by Crippen LogP contribution is 2.18. The Balaban J connectivity index is 2.69.